The lowest BCUT2D eigenvalue weighted by Gasteiger charge is -2.08. The van der Waals surface area contributed by atoms with Crippen molar-refractivity contribution in [3.05, 3.63) is 35.4 Å². The summed E-state index contributed by atoms with van der Waals surface area (Å²) in [5, 5.41) is 0. The molecule has 0 spiro atoms. The Morgan fingerprint density at radius 2 is 1.94 bits per heavy atom. The molecule has 0 aromatic heterocycles. The number of aryl methyl sites for hydroxylation is 1. The fourth-order valence-corrected chi connectivity index (χ4v) is 2.65. The van der Waals surface area contributed by atoms with Crippen LogP contribution in [0.1, 0.15) is 17.5 Å². The quantitative estimate of drug-likeness (QED) is 0.768. The monoisotopic (exact) mass is 278 g/mol. The molecule has 0 saturated heterocycles. The van der Waals surface area contributed by atoms with Gasteiger partial charge in [0.05, 0.1) is 5.75 Å². The summed E-state index contributed by atoms with van der Waals surface area (Å²) in [7, 11) is -3.23. The normalized spacial score (nSPS) is 10.9. The standard InChI is InChI=1S/C11H18N2O2S.ClH/c1-10-5-2-3-6-11(10)9-16(14,15)13-8-4-7-12;/h2-3,5-6,13H,4,7-9,12H2,1H3;1H. The van der Waals surface area contributed by atoms with Crippen LogP contribution in [-0.2, 0) is 15.8 Å². The Labute approximate surface area is 109 Å². The van der Waals surface area contributed by atoms with Gasteiger partial charge in [0.25, 0.3) is 0 Å². The minimum absolute atomic E-state index is 0. The molecule has 0 aliphatic carbocycles. The second-order valence-corrected chi connectivity index (χ2v) is 5.53. The zero-order valence-electron chi connectivity index (χ0n) is 9.85. The molecule has 1 rings (SSSR count). The molecule has 0 atom stereocenters. The molecule has 0 unspecified atom stereocenters. The first-order valence-corrected chi connectivity index (χ1v) is 6.92. The van der Waals surface area contributed by atoms with Gasteiger partial charge in [-0.15, -0.1) is 12.4 Å². The Balaban J connectivity index is 0.00000256. The van der Waals surface area contributed by atoms with Crippen molar-refractivity contribution >= 4 is 22.4 Å². The maximum absolute atomic E-state index is 11.7. The number of hydrogen-bond donors (Lipinski definition) is 2. The molecule has 0 fully saturated rings. The third-order valence-electron chi connectivity index (χ3n) is 2.31. The highest BCUT2D eigenvalue weighted by Crippen LogP contribution is 2.10. The topological polar surface area (TPSA) is 72.2 Å². The highest BCUT2D eigenvalue weighted by molar-refractivity contribution is 7.88. The molecule has 0 bridgehead atoms. The van der Waals surface area contributed by atoms with Crippen molar-refractivity contribution < 1.29 is 8.42 Å². The zero-order valence-corrected chi connectivity index (χ0v) is 11.5. The van der Waals surface area contributed by atoms with Crippen LogP contribution in [0.3, 0.4) is 0 Å². The van der Waals surface area contributed by atoms with Crippen LogP contribution >= 0.6 is 12.4 Å². The highest BCUT2D eigenvalue weighted by atomic mass is 35.5. The Morgan fingerprint density at radius 3 is 2.53 bits per heavy atom. The van der Waals surface area contributed by atoms with Gasteiger partial charge in [-0.2, -0.15) is 0 Å². The molecule has 6 heteroatoms. The molecule has 1 aromatic carbocycles. The van der Waals surface area contributed by atoms with Gasteiger partial charge in [-0.3, -0.25) is 0 Å². The van der Waals surface area contributed by atoms with Gasteiger partial charge in [0.1, 0.15) is 0 Å². The van der Waals surface area contributed by atoms with E-state index < -0.39 is 10.0 Å². The van der Waals surface area contributed by atoms with Gasteiger partial charge in [0.2, 0.25) is 10.0 Å². The fraction of sp³-hybridized carbons (Fsp3) is 0.455. The summed E-state index contributed by atoms with van der Waals surface area (Å²) < 4.78 is 25.9. The molecule has 0 heterocycles. The third kappa shape index (κ3) is 6.02. The van der Waals surface area contributed by atoms with E-state index in [0.717, 1.165) is 11.1 Å². The lowest BCUT2D eigenvalue weighted by Crippen LogP contribution is -2.27. The summed E-state index contributed by atoms with van der Waals surface area (Å²) in [6.07, 6.45) is 0.660. The molecule has 4 nitrogen and oxygen atoms in total. The third-order valence-corrected chi connectivity index (χ3v) is 3.64. The van der Waals surface area contributed by atoms with E-state index >= 15 is 0 Å². The van der Waals surface area contributed by atoms with E-state index in [1.807, 2.05) is 31.2 Å². The van der Waals surface area contributed by atoms with Gasteiger partial charge in [-0.25, -0.2) is 13.1 Å². The first-order valence-electron chi connectivity index (χ1n) is 5.27. The molecular formula is C11H19ClN2O2S. The van der Waals surface area contributed by atoms with Crippen LogP contribution in [0.25, 0.3) is 0 Å². The number of halogens is 1. The summed E-state index contributed by atoms with van der Waals surface area (Å²) in [6, 6.07) is 7.48. The van der Waals surface area contributed by atoms with Crippen molar-refractivity contribution in [2.75, 3.05) is 13.1 Å². The average Bonchev–Trinajstić information content (AvgIpc) is 2.21. The van der Waals surface area contributed by atoms with Gasteiger partial charge >= 0.3 is 0 Å². The molecule has 0 aliphatic rings. The van der Waals surface area contributed by atoms with Crippen molar-refractivity contribution in [1.29, 1.82) is 0 Å². The summed E-state index contributed by atoms with van der Waals surface area (Å²) in [5.74, 6) is 0.0320. The van der Waals surface area contributed by atoms with E-state index in [-0.39, 0.29) is 18.2 Å². The van der Waals surface area contributed by atoms with Crippen LogP contribution < -0.4 is 10.5 Å². The van der Waals surface area contributed by atoms with E-state index in [9.17, 15) is 8.42 Å². The lowest BCUT2D eigenvalue weighted by molar-refractivity contribution is 0.578. The number of nitrogens with two attached hydrogens (primary N) is 1. The van der Waals surface area contributed by atoms with Crippen molar-refractivity contribution in [1.82, 2.24) is 4.72 Å². The maximum atomic E-state index is 11.7. The summed E-state index contributed by atoms with van der Waals surface area (Å²) in [5.41, 5.74) is 7.13. The minimum atomic E-state index is -3.23. The second-order valence-electron chi connectivity index (χ2n) is 3.72. The van der Waals surface area contributed by atoms with Crippen molar-refractivity contribution in [2.24, 2.45) is 5.73 Å². The largest absolute Gasteiger partial charge is 0.330 e. The molecule has 3 N–H and O–H groups in total. The minimum Gasteiger partial charge on any atom is -0.330 e. The molecule has 0 saturated carbocycles. The van der Waals surface area contributed by atoms with Gasteiger partial charge in [0, 0.05) is 6.54 Å². The van der Waals surface area contributed by atoms with E-state index in [0.29, 0.717) is 19.5 Å². The highest BCUT2D eigenvalue weighted by Gasteiger charge is 2.11. The number of nitrogens with one attached hydrogen (secondary N) is 1. The van der Waals surface area contributed by atoms with Crippen molar-refractivity contribution in [3.8, 4) is 0 Å². The average molecular weight is 279 g/mol. The molecular weight excluding hydrogens is 260 g/mol. The Kier molecular flexibility index (Phi) is 7.38. The van der Waals surface area contributed by atoms with Crippen LogP contribution in [0.5, 0.6) is 0 Å². The number of rotatable bonds is 6. The predicted octanol–water partition coefficient (Wildman–Crippen LogP) is 1.19. The van der Waals surface area contributed by atoms with Crippen molar-refractivity contribution in [2.45, 2.75) is 19.1 Å². The van der Waals surface area contributed by atoms with E-state index in [1.54, 1.807) is 0 Å². The first kappa shape index (κ1) is 16.4. The van der Waals surface area contributed by atoms with Crippen LogP contribution in [0, 0.1) is 6.92 Å². The number of hydrogen-bond acceptors (Lipinski definition) is 3. The van der Waals surface area contributed by atoms with Crippen molar-refractivity contribution in [3.63, 3.8) is 0 Å². The molecule has 98 valence electrons. The van der Waals surface area contributed by atoms with Gasteiger partial charge in [-0.05, 0) is 31.0 Å². The van der Waals surface area contributed by atoms with E-state index in [1.165, 1.54) is 0 Å². The van der Waals surface area contributed by atoms with Gasteiger partial charge in [0.15, 0.2) is 0 Å². The molecule has 0 amide bonds. The number of sulfonamides is 1. The van der Waals surface area contributed by atoms with Gasteiger partial charge < -0.3 is 5.73 Å². The van der Waals surface area contributed by atoms with Crippen LogP contribution in [0.2, 0.25) is 0 Å². The van der Waals surface area contributed by atoms with Crippen LogP contribution in [0.15, 0.2) is 24.3 Å². The fourth-order valence-electron chi connectivity index (χ4n) is 1.36. The molecule has 17 heavy (non-hydrogen) atoms. The predicted molar refractivity (Wildman–Crippen MR) is 72.7 cm³/mol. The SMILES string of the molecule is Cc1ccccc1CS(=O)(=O)NCCCN.Cl. The van der Waals surface area contributed by atoms with E-state index in [2.05, 4.69) is 4.72 Å². The Hall–Kier alpha value is -0.620. The zero-order chi connectivity index (χ0) is 12.0. The maximum Gasteiger partial charge on any atom is 0.215 e. The first-order chi connectivity index (χ1) is 7.55. The smallest absolute Gasteiger partial charge is 0.215 e. The van der Waals surface area contributed by atoms with Crippen LogP contribution in [-0.4, -0.2) is 21.5 Å². The van der Waals surface area contributed by atoms with Gasteiger partial charge in [-0.1, -0.05) is 24.3 Å². The second kappa shape index (κ2) is 7.66. The summed E-state index contributed by atoms with van der Waals surface area (Å²) >= 11 is 0. The van der Waals surface area contributed by atoms with E-state index in [4.69, 9.17) is 5.73 Å². The summed E-state index contributed by atoms with van der Waals surface area (Å²) in [6.45, 7) is 2.81. The molecule has 0 radical (unpaired) electrons. The molecule has 0 aliphatic heterocycles. The molecule has 1 aromatic rings. The van der Waals surface area contributed by atoms with Crippen LogP contribution in [0.4, 0.5) is 0 Å². The lowest BCUT2D eigenvalue weighted by atomic mass is 10.1. The Morgan fingerprint density at radius 1 is 1.29 bits per heavy atom. The summed E-state index contributed by atoms with van der Waals surface area (Å²) in [4.78, 5) is 0. The Bertz CT molecular complexity index is 435. The number of benzene rings is 1.